The quantitative estimate of drug-likeness (QED) is 0.826. The Morgan fingerprint density at radius 1 is 1.33 bits per heavy atom. The van der Waals surface area contributed by atoms with Crippen molar-refractivity contribution in [2.75, 3.05) is 6.54 Å². The predicted octanol–water partition coefficient (Wildman–Crippen LogP) is 4.83. The zero-order valence-corrected chi connectivity index (χ0v) is 12.2. The van der Waals surface area contributed by atoms with E-state index in [4.69, 9.17) is 11.6 Å². The molecule has 0 saturated heterocycles. The lowest BCUT2D eigenvalue weighted by molar-refractivity contribution is 0.444. The van der Waals surface area contributed by atoms with Crippen molar-refractivity contribution in [2.24, 2.45) is 5.41 Å². The van der Waals surface area contributed by atoms with Gasteiger partial charge in [0.2, 0.25) is 0 Å². The van der Waals surface area contributed by atoms with Crippen molar-refractivity contribution in [1.29, 1.82) is 0 Å². The first kappa shape index (κ1) is 12.5. The van der Waals surface area contributed by atoms with E-state index < -0.39 is 0 Å². The van der Waals surface area contributed by atoms with Gasteiger partial charge in [0.25, 0.3) is 0 Å². The van der Waals surface area contributed by atoms with E-state index in [1.54, 1.807) is 0 Å². The summed E-state index contributed by atoms with van der Waals surface area (Å²) < 4.78 is 1.29. The van der Waals surface area contributed by atoms with Gasteiger partial charge >= 0.3 is 0 Å². The summed E-state index contributed by atoms with van der Waals surface area (Å²) in [6.45, 7) is 4.33. The molecule has 0 spiro atoms. The average Bonchev–Trinajstić information content (AvgIpc) is 3.11. The fourth-order valence-electron chi connectivity index (χ4n) is 2.45. The normalized spacial score (nSPS) is 17.2. The van der Waals surface area contributed by atoms with Crippen LogP contribution in [0.4, 0.5) is 0 Å². The average molecular weight is 280 g/mol. The molecule has 1 aliphatic rings. The van der Waals surface area contributed by atoms with E-state index in [1.807, 2.05) is 11.3 Å². The Hall–Kier alpha value is -0.570. The molecule has 0 unspecified atom stereocenters. The highest BCUT2D eigenvalue weighted by atomic mass is 35.5. The fraction of sp³-hybridized carbons (Fsp3) is 0.467. The van der Waals surface area contributed by atoms with Crippen molar-refractivity contribution in [3.05, 3.63) is 34.2 Å². The van der Waals surface area contributed by atoms with Crippen LogP contribution >= 0.6 is 22.9 Å². The van der Waals surface area contributed by atoms with Gasteiger partial charge in [-0.2, -0.15) is 0 Å². The van der Waals surface area contributed by atoms with Crippen LogP contribution in [0.15, 0.2) is 24.3 Å². The third kappa shape index (κ3) is 2.29. The molecule has 0 bridgehead atoms. The van der Waals surface area contributed by atoms with Crippen LogP contribution in [-0.4, -0.2) is 6.54 Å². The second kappa shape index (κ2) is 4.84. The summed E-state index contributed by atoms with van der Waals surface area (Å²) in [6, 6.07) is 8.37. The lowest BCUT2D eigenvalue weighted by atomic mass is 10.0. The van der Waals surface area contributed by atoms with Gasteiger partial charge in [0, 0.05) is 28.1 Å². The molecule has 1 aliphatic carbocycles. The van der Waals surface area contributed by atoms with E-state index >= 15 is 0 Å². The molecule has 0 radical (unpaired) electrons. The van der Waals surface area contributed by atoms with Crippen LogP contribution in [0.1, 0.15) is 31.1 Å². The first-order chi connectivity index (χ1) is 8.74. The Bertz CT molecular complexity index is 557. The Morgan fingerprint density at radius 2 is 2.11 bits per heavy atom. The highest BCUT2D eigenvalue weighted by Crippen LogP contribution is 2.48. The molecule has 0 amide bonds. The maximum absolute atomic E-state index is 6.43. The second-order valence-electron chi connectivity index (χ2n) is 5.29. The van der Waals surface area contributed by atoms with Crippen molar-refractivity contribution in [3.8, 4) is 0 Å². The topological polar surface area (TPSA) is 12.0 Å². The van der Waals surface area contributed by atoms with Gasteiger partial charge in [0.05, 0.1) is 5.02 Å². The minimum Gasteiger partial charge on any atom is -0.311 e. The minimum absolute atomic E-state index is 0.600. The zero-order chi connectivity index (χ0) is 12.6. The van der Waals surface area contributed by atoms with Gasteiger partial charge in [-0.25, -0.2) is 0 Å². The van der Waals surface area contributed by atoms with Gasteiger partial charge in [-0.05, 0) is 30.7 Å². The molecule has 1 aromatic carbocycles. The highest BCUT2D eigenvalue weighted by molar-refractivity contribution is 7.19. The maximum atomic E-state index is 6.43. The molecular weight excluding hydrogens is 262 g/mol. The van der Waals surface area contributed by atoms with Gasteiger partial charge < -0.3 is 5.32 Å². The van der Waals surface area contributed by atoms with E-state index in [0.717, 1.165) is 18.1 Å². The van der Waals surface area contributed by atoms with Crippen LogP contribution in [0.5, 0.6) is 0 Å². The van der Waals surface area contributed by atoms with Gasteiger partial charge in [0.1, 0.15) is 0 Å². The molecule has 2 aromatic rings. The van der Waals surface area contributed by atoms with Crippen molar-refractivity contribution in [2.45, 2.75) is 32.7 Å². The van der Waals surface area contributed by atoms with Crippen LogP contribution in [0, 0.1) is 5.41 Å². The summed E-state index contributed by atoms with van der Waals surface area (Å²) in [7, 11) is 0. The van der Waals surface area contributed by atoms with Crippen molar-refractivity contribution >= 4 is 33.0 Å². The summed E-state index contributed by atoms with van der Waals surface area (Å²) in [4.78, 5) is 1.27. The van der Waals surface area contributed by atoms with Gasteiger partial charge in [-0.3, -0.25) is 0 Å². The number of rotatable bonds is 5. The van der Waals surface area contributed by atoms with Gasteiger partial charge in [0.15, 0.2) is 0 Å². The van der Waals surface area contributed by atoms with Gasteiger partial charge in [-0.1, -0.05) is 36.7 Å². The van der Waals surface area contributed by atoms with Crippen LogP contribution in [0.25, 0.3) is 10.1 Å². The van der Waals surface area contributed by atoms with Crippen molar-refractivity contribution in [3.63, 3.8) is 0 Å². The molecule has 0 aliphatic heterocycles. The summed E-state index contributed by atoms with van der Waals surface area (Å²) in [5.74, 6) is 0. The maximum Gasteiger partial charge on any atom is 0.0636 e. The SMILES string of the molecule is CCC1(CNCc2sc3ccccc3c2Cl)CC1. The smallest absolute Gasteiger partial charge is 0.0636 e. The zero-order valence-electron chi connectivity index (χ0n) is 10.6. The second-order valence-corrected chi connectivity index (χ2v) is 6.81. The third-order valence-electron chi connectivity index (χ3n) is 4.09. The Balaban J connectivity index is 1.69. The minimum atomic E-state index is 0.600. The molecule has 3 heteroatoms. The molecule has 1 aromatic heterocycles. The number of benzene rings is 1. The lowest BCUT2D eigenvalue weighted by Gasteiger charge is -2.12. The van der Waals surface area contributed by atoms with Crippen LogP contribution in [-0.2, 0) is 6.54 Å². The number of thiophene rings is 1. The van der Waals surface area contributed by atoms with Crippen LogP contribution in [0.3, 0.4) is 0 Å². The number of hydrogen-bond acceptors (Lipinski definition) is 2. The number of nitrogens with one attached hydrogen (secondary N) is 1. The van der Waals surface area contributed by atoms with Gasteiger partial charge in [-0.15, -0.1) is 11.3 Å². The largest absolute Gasteiger partial charge is 0.311 e. The molecule has 1 fully saturated rings. The molecule has 18 heavy (non-hydrogen) atoms. The van der Waals surface area contributed by atoms with Crippen LogP contribution in [0.2, 0.25) is 5.02 Å². The first-order valence-corrected chi connectivity index (χ1v) is 7.80. The lowest BCUT2D eigenvalue weighted by Crippen LogP contribution is -2.22. The Labute approximate surface area is 117 Å². The molecule has 1 nitrogen and oxygen atoms in total. The fourth-order valence-corrected chi connectivity index (χ4v) is 3.92. The molecular formula is C15H18ClNS. The summed E-state index contributed by atoms with van der Waals surface area (Å²) in [6.07, 6.45) is 4.06. The summed E-state index contributed by atoms with van der Waals surface area (Å²) in [5.41, 5.74) is 0.600. The standard InChI is InChI=1S/C15H18ClNS/c1-2-15(7-8-15)10-17-9-13-14(16)11-5-3-4-6-12(11)18-13/h3-6,17H,2,7-10H2,1H3. The molecule has 96 valence electrons. The monoisotopic (exact) mass is 279 g/mol. The Kier molecular flexibility index (Phi) is 3.35. The summed E-state index contributed by atoms with van der Waals surface area (Å²) in [5, 5.41) is 5.71. The van der Waals surface area contributed by atoms with E-state index in [-0.39, 0.29) is 0 Å². The molecule has 1 N–H and O–H groups in total. The van der Waals surface area contributed by atoms with Crippen LogP contribution < -0.4 is 5.32 Å². The van der Waals surface area contributed by atoms with E-state index in [1.165, 1.54) is 34.2 Å². The Morgan fingerprint density at radius 3 is 2.78 bits per heavy atom. The number of fused-ring (bicyclic) bond motifs is 1. The van der Waals surface area contributed by atoms with E-state index in [0.29, 0.717) is 5.41 Å². The first-order valence-electron chi connectivity index (χ1n) is 6.61. The van der Waals surface area contributed by atoms with Crippen molar-refractivity contribution in [1.82, 2.24) is 5.32 Å². The molecule has 1 heterocycles. The van der Waals surface area contributed by atoms with E-state index in [2.05, 4.69) is 36.5 Å². The predicted molar refractivity (Wildman–Crippen MR) is 80.5 cm³/mol. The molecule has 3 rings (SSSR count). The number of halogens is 1. The highest BCUT2D eigenvalue weighted by Gasteiger charge is 2.39. The third-order valence-corrected chi connectivity index (χ3v) is 5.81. The number of hydrogen-bond donors (Lipinski definition) is 1. The molecule has 1 saturated carbocycles. The van der Waals surface area contributed by atoms with E-state index in [9.17, 15) is 0 Å². The summed E-state index contributed by atoms with van der Waals surface area (Å²) >= 11 is 8.24. The van der Waals surface area contributed by atoms with Crippen molar-refractivity contribution < 1.29 is 0 Å². The molecule has 0 atom stereocenters.